The fraction of sp³-hybridized carbons (Fsp3) is 0.207. The monoisotopic (exact) mass is 483 g/mol. The van der Waals surface area contributed by atoms with Crippen molar-refractivity contribution in [1.29, 1.82) is 0 Å². The van der Waals surface area contributed by atoms with Crippen LogP contribution >= 0.6 is 0 Å². The first-order valence-electron chi connectivity index (χ1n) is 11.7. The Morgan fingerprint density at radius 1 is 0.917 bits per heavy atom. The van der Waals surface area contributed by atoms with Crippen LogP contribution in [0.5, 0.6) is 0 Å². The molecule has 182 valence electrons. The van der Waals surface area contributed by atoms with Crippen LogP contribution in [0.15, 0.2) is 65.1 Å². The van der Waals surface area contributed by atoms with E-state index in [1.165, 1.54) is 4.90 Å². The molecule has 0 spiro atoms. The number of carbonyl (C=O) groups excluding carboxylic acids is 3. The Bertz CT molecular complexity index is 1500. The van der Waals surface area contributed by atoms with Gasteiger partial charge >= 0.3 is 6.09 Å². The van der Waals surface area contributed by atoms with Gasteiger partial charge in [-0.15, -0.1) is 0 Å². The summed E-state index contributed by atoms with van der Waals surface area (Å²) in [6, 6.07) is 18.7. The number of aliphatic hydroxyl groups excluding tert-OH is 1. The summed E-state index contributed by atoms with van der Waals surface area (Å²) < 4.78 is 11.6. The number of amides is 1. The number of furan rings is 1. The minimum Gasteiger partial charge on any atom is -0.458 e. The molecule has 1 aliphatic carbocycles. The van der Waals surface area contributed by atoms with Crippen LogP contribution in [0.3, 0.4) is 0 Å². The maximum Gasteiger partial charge on any atom is 0.410 e. The van der Waals surface area contributed by atoms with Crippen molar-refractivity contribution < 1.29 is 28.6 Å². The molecule has 0 saturated carbocycles. The molecule has 4 aromatic rings. The van der Waals surface area contributed by atoms with Crippen molar-refractivity contribution >= 4 is 28.4 Å². The molecule has 7 heteroatoms. The molecule has 7 nitrogen and oxygen atoms in total. The van der Waals surface area contributed by atoms with Gasteiger partial charge in [0.25, 0.3) is 0 Å². The zero-order valence-corrected chi connectivity index (χ0v) is 20.0. The largest absolute Gasteiger partial charge is 0.458 e. The van der Waals surface area contributed by atoms with E-state index >= 15 is 0 Å². The molecule has 1 aromatic heterocycles. The Morgan fingerprint density at radius 2 is 1.67 bits per heavy atom. The third-order valence-electron chi connectivity index (χ3n) is 6.60. The van der Waals surface area contributed by atoms with E-state index in [-0.39, 0.29) is 31.9 Å². The molecule has 36 heavy (non-hydrogen) atoms. The van der Waals surface area contributed by atoms with E-state index in [0.29, 0.717) is 33.6 Å². The number of carbonyl (C=O) groups is 3. The van der Waals surface area contributed by atoms with Crippen molar-refractivity contribution in [3.8, 4) is 11.3 Å². The first-order valence-corrected chi connectivity index (χ1v) is 11.7. The molecular formula is C29H25NO6. The molecule has 0 atom stereocenters. The second kappa shape index (κ2) is 9.43. The van der Waals surface area contributed by atoms with Gasteiger partial charge in [0.1, 0.15) is 18.1 Å². The van der Waals surface area contributed by atoms with E-state index in [1.807, 2.05) is 61.5 Å². The average molecular weight is 484 g/mol. The number of Topliss-reactive ketones (excluding diaryl/α,β-unsaturated/α-hetero) is 2. The van der Waals surface area contributed by atoms with Gasteiger partial charge in [0.2, 0.25) is 11.6 Å². The predicted molar refractivity (Wildman–Crippen MR) is 134 cm³/mol. The number of aryl methyl sites for hydroxylation is 1. The molecular weight excluding hydrogens is 458 g/mol. The van der Waals surface area contributed by atoms with Gasteiger partial charge in [-0.25, -0.2) is 4.79 Å². The lowest BCUT2D eigenvalue weighted by atomic mass is 9.83. The number of aliphatic hydroxyl groups is 1. The molecule has 1 aliphatic rings. The number of hydrogen-bond donors (Lipinski definition) is 1. The van der Waals surface area contributed by atoms with Crippen molar-refractivity contribution in [2.45, 2.75) is 27.0 Å². The van der Waals surface area contributed by atoms with Crippen LogP contribution in [-0.2, 0) is 17.9 Å². The number of ketones is 2. The lowest BCUT2D eigenvalue weighted by Crippen LogP contribution is -2.33. The predicted octanol–water partition coefficient (Wildman–Crippen LogP) is 5.23. The Hall–Kier alpha value is -4.23. The third kappa shape index (κ3) is 3.97. The Labute approximate surface area is 207 Å². The summed E-state index contributed by atoms with van der Waals surface area (Å²) in [5, 5.41) is 11.1. The van der Waals surface area contributed by atoms with Gasteiger partial charge in [0.15, 0.2) is 0 Å². The smallest absolute Gasteiger partial charge is 0.410 e. The molecule has 0 radical (unpaired) electrons. The van der Waals surface area contributed by atoms with Gasteiger partial charge in [0.05, 0.1) is 18.7 Å². The average Bonchev–Trinajstić information content (AvgIpc) is 3.21. The SMILES string of the molecule is Cc1c(CN(CCO)C(=O)OCc2ccccc2)oc2c1C(=O)C(=O)c1c-2ccc2c(C)cccc12. The molecule has 0 aliphatic heterocycles. The highest BCUT2D eigenvalue weighted by molar-refractivity contribution is 6.54. The number of benzene rings is 3. The highest BCUT2D eigenvalue weighted by Crippen LogP contribution is 2.41. The van der Waals surface area contributed by atoms with Gasteiger partial charge in [-0.2, -0.15) is 0 Å². The maximum atomic E-state index is 13.2. The van der Waals surface area contributed by atoms with Crippen molar-refractivity contribution in [2.24, 2.45) is 0 Å². The van der Waals surface area contributed by atoms with Gasteiger partial charge in [-0.05, 0) is 41.8 Å². The molecule has 1 N–H and O–H groups in total. The minimum atomic E-state index is -0.626. The van der Waals surface area contributed by atoms with E-state index in [2.05, 4.69) is 0 Å². The summed E-state index contributed by atoms with van der Waals surface area (Å²) in [6.07, 6.45) is -0.619. The number of rotatable bonds is 6. The first kappa shape index (κ1) is 23.5. The first-order chi connectivity index (χ1) is 17.4. The second-order valence-corrected chi connectivity index (χ2v) is 8.86. The zero-order valence-electron chi connectivity index (χ0n) is 20.0. The van der Waals surface area contributed by atoms with Crippen LogP contribution in [0.1, 0.15) is 43.2 Å². The topological polar surface area (TPSA) is 97.0 Å². The summed E-state index contributed by atoms with van der Waals surface area (Å²) >= 11 is 0. The molecule has 0 saturated heterocycles. The maximum absolute atomic E-state index is 13.2. The van der Waals surface area contributed by atoms with Crippen LogP contribution < -0.4 is 0 Å². The van der Waals surface area contributed by atoms with Crippen molar-refractivity contribution in [3.05, 3.63) is 94.2 Å². The van der Waals surface area contributed by atoms with Gasteiger partial charge in [-0.1, -0.05) is 54.6 Å². The van der Waals surface area contributed by atoms with Gasteiger partial charge in [-0.3, -0.25) is 14.5 Å². The molecule has 1 amide bonds. The van der Waals surface area contributed by atoms with Crippen LogP contribution in [0.2, 0.25) is 0 Å². The van der Waals surface area contributed by atoms with Crippen LogP contribution in [0, 0.1) is 13.8 Å². The Balaban J connectivity index is 1.49. The number of ether oxygens (including phenoxy) is 1. The second-order valence-electron chi connectivity index (χ2n) is 8.86. The van der Waals surface area contributed by atoms with E-state index in [1.54, 1.807) is 13.0 Å². The van der Waals surface area contributed by atoms with E-state index < -0.39 is 17.7 Å². The van der Waals surface area contributed by atoms with E-state index in [0.717, 1.165) is 16.5 Å². The van der Waals surface area contributed by atoms with E-state index in [9.17, 15) is 19.5 Å². The Kier molecular flexibility index (Phi) is 6.16. The van der Waals surface area contributed by atoms with Crippen LogP contribution in [-0.4, -0.2) is 40.8 Å². The zero-order chi connectivity index (χ0) is 25.4. The number of nitrogens with zero attached hydrogens (tertiary/aromatic N) is 1. The summed E-state index contributed by atoms with van der Waals surface area (Å²) in [6.45, 7) is 3.47. The van der Waals surface area contributed by atoms with Crippen molar-refractivity contribution in [3.63, 3.8) is 0 Å². The highest BCUT2D eigenvalue weighted by Gasteiger charge is 2.37. The quantitative estimate of drug-likeness (QED) is 0.378. The highest BCUT2D eigenvalue weighted by atomic mass is 16.6. The molecule has 0 unspecified atom stereocenters. The van der Waals surface area contributed by atoms with Crippen LogP contribution in [0.4, 0.5) is 4.79 Å². The summed E-state index contributed by atoms with van der Waals surface area (Å²) in [5.41, 5.74) is 3.45. The molecule has 3 aromatic carbocycles. The fourth-order valence-electron chi connectivity index (χ4n) is 4.69. The van der Waals surface area contributed by atoms with Crippen LogP contribution in [0.25, 0.3) is 22.1 Å². The molecule has 5 rings (SSSR count). The summed E-state index contributed by atoms with van der Waals surface area (Å²) in [7, 11) is 0. The number of hydrogen-bond acceptors (Lipinski definition) is 6. The molecule has 1 heterocycles. The number of fused-ring (bicyclic) bond motifs is 5. The van der Waals surface area contributed by atoms with Crippen molar-refractivity contribution in [2.75, 3.05) is 13.2 Å². The molecule has 0 fully saturated rings. The van der Waals surface area contributed by atoms with Crippen molar-refractivity contribution in [1.82, 2.24) is 4.90 Å². The normalized spacial score (nSPS) is 12.4. The fourth-order valence-corrected chi connectivity index (χ4v) is 4.69. The minimum absolute atomic E-state index is 0.0174. The third-order valence-corrected chi connectivity index (χ3v) is 6.60. The lowest BCUT2D eigenvalue weighted by Gasteiger charge is -2.20. The lowest BCUT2D eigenvalue weighted by molar-refractivity contribution is 0.0815. The standard InChI is InChI=1S/C29H25NO6/c1-17-7-6-10-21-20(17)11-12-22-25(21)27(33)26(32)24-18(2)23(36-28(22)24)15-30(13-14-31)29(34)35-16-19-8-4-3-5-9-19/h3-12,31H,13-16H2,1-2H3. The summed E-state index contributed by atoms with van der Waals surface area (Å²) in [5.74, 6) is -0.506. The summed E-state index contributed by atoms with van der Waals surface area (Å²) in [4.78, 5) is 40.5. The Morgan fingerprint density at radius 3 is 2.42 bits per heavy atom. The molecule has 0 bridgehead atoms. The van der Waals surface area contributed by atoms with E-state index in [4.69, 9.17) is 9.15 Å². The van der Waals surface area contributed by atoms with Gasteiger partial charge in [0, 0.05) is 23.2 Å². The van der Waals surface area contributed by atoms with Gasteiger partial charge < -0.3 is 14.3 Å².